The molecule has 6 heteroatoms. The summed E-state index contributed by atoms with van der Waals surface area (Å²) in [4.78, 5) is 24.7. The number of aliphatic hydroxyl groups is 1. The predicted molar refractivity (Wildman–Crippen MR) is 61.3 cm³/mol. The Kier molecular flexibility index (Phi) is 4.89. The van der Waals surface area contributed by atoms with Gasteiger partial charge in [-0.25, -0.2) is 0 Å². The third kappa shape index (κ3) is 4.70. The van der Waals surface area contributed by atoms with E-state index in [-0.39, 0.29) is 18.9 Å². The van der Waals surface area contributed by atoms with Crippen LogP contribution in [0.25, 0.3) is 0 Å². The molecule has 1 fully saturated rings. The average molecular weight is 244 g/mol. The second-order valence-electron chi connectivity index (χ2n) is 4.56. The molecule has 0 aromatic carbocycles. The van der Waals surface area contributed by atoms with Crippen LogP contribution in [0, 0.1) is 0 Å². The number of nitrogens with zero attached hydrogens (tertiary/aromatic N) is 1. The van der Waals surface area contributed by atoms with E-state index in [1.54, 1.807) is 4.90 Å². The lowest BCUT2D eigenvalue weighted by molar-refractivity contribution is -0.137. The smallest absolute Gasteiger partial charge is 0.251 e. The zero-order chi connectivity index (χ0) is 12.9. The standard InChI is InChI=1S/C11H20N2O4/c1-11(2,16)10(15)12-4-3-9(14)13-5-7-17-8-6-13/h16H,3-8H2,1-2H3,(H,12,15). The van der Waals surface area contributed by atoms with Gasteiger partial charge in [0.05, 0.1) is 13.2 Å². The minimum Gasteiger partial charge on any atom is -0.381 e. The summed E-state index contributed by atoms with van der Waals surface area (Å²) in [5.41, 5.74) is -1.40. The number of ether oxygens (including phenoxy) is 1. The van der Waals surface area contributed by atoms with Gasteiger partial charge in [0.15, 0.2) is 0 Å². The van der Waals surface area contributed by atoms with E-state index in [0.717, 1.165) is 0 Å². The molecule has 2 amide bonds. The fraction of sp³-hybridized carbons (Fsp3) is 0.818. The highest BCUT2D eigenvalue weighted by atomic mass is 16.5. The third-order valence-corrected chi connectivity index (χ3v) is 2.54. The molecule has 0 saturated carbocycles. The Morgan fingerprint density at radius 3 is 2.47 bits per heavy atom. The normalized spacial score (nSPS) is 16.8. The molecule has 6 nitrogen and oxygen atoms in total. The summed E-state index contributed by atoms with van der Waals surface area (Å²) in [5, 5.41) is 11.9. The highest BCUT2D eigenvalue weighted by Crippen LogP contribution is 2.01. The van der Waals surface area contributed by atoms with Crippen LogP contribution in [0.4, 0.5) is 0 Å². The molecular formula is C11H20N2O4. The zero-order valence-electron chi connectivity index (χ0n) is 10.4. The number of rotatable bonds is 4. The van der Waals surface area contributed by atoms with E-state index in [4.69, 9.17) is 4.74 Å². The first-order valence-corrected chi connectivity index (χ1v) is 5.77. The van der Waals surface area contributed by atoms with Gasteiger partial charge in [-0.1, -0.05) is 0 Å². The van der Waals surface area contributed by atoms with Crippen molar-refractivity contribution in [3.63, 3.8) is 0 Å². The van der Waals surface area contributed by atoms with Gasteiger partial charge in [0.25, 0.3) is 5.91 Å². The molecule has 1 saturated heterocycles. The summed E-state index contributed by atoms with van der Waals surface area (Å²) in [5.74, 6) is -0.461. The minimum absolute atomic E-state index is 0.00402. The molecule has 0 unspecified atom stereocenters. The van der Waals surface area contributed by atoms with E-state index < -0.39 is 11.5 Å². The summed E-state index contributed by atoms with van der Waals surface area (Å²) in [7, 11) is 0. The SMILES string of the molecule is CC(C)(O)C(=O)NCCC(=O)N1CCOCC1. The zero-order valence-corrected chi connectivity index (χ0v) is 10.4. The van der Waals surface area contributed by atoms with E-state index in [1.807, 2.05) is 0 Å². The number of carbonyl (C=O) groups excluding carboxylic acids is 2. The number of hydrogen-bond acceptors (Lipinski definition) is 4. The quantitative estimate of drug-likeness (QED) is 0.673. The maximum absolute atomic E-state index is 11.7. The van der Waals surface area contributed by atoms with Gasteiger partial charge in [-0.15, -0.1) is 0 Å². The summed E-state index contributed by atoms with van der Waals surface area (Å²) in [6, 6.07) is 0. The molecule has 1 aliphatic rings. The molecule has 0 aromatic rings. The van der Waals surface area contributed by atoms with Gasteiger partial charge >= 0.3 is 0 Å². The fourth-order valence-electron chi connectivity index (χ4n) is 1.47. The lowest BCUT2D eigenvalue weighted by Crippen LogP contribution is -2.45. The van der Waals surface area contributed by atoms with E-state index in [9.17, 15) is 14.7 Å². The Morgan fingerprint density at radius 1 is 1.35 bits per heavy atom. The Bertz CT molecular complexity index is 280. The summed E-state index contributed by atoms with van der Waals surface area (Å²) in [6.45, 7) is 5.43. The van der Waals surface area contributed by atoms with Crippen molar-refractivity contribution >= 4 is 11.8 Å². The maximum Gasteiger partial charge on any atom is 0.251 e. The van der Waals surface area contributed by atoms with Crippen LogP contribution in [0.5, 0.6) is 0 Å². The van der Waals surface area contributed by atoms with Crippen LogP contribution >= 0.6 is 0 Å². The number of morpholine rings is 1. The van der Waals surface area contributed by atoms with Crippen molar-refractivity contribution in [3.8, 4) is 0 Å². The molecule has 0 spiro atoms. The van der Waals surface area contributed by atoms with E-state index in [1.165, 1.54) is 13.8 Å². The molecule has 0 radical (unpaired) electrons. The Hall–Kier alpha value is -1.14. The van der Waals surface area contributed by atoms with Crippen LogP contribution < -0.4 is 5.32 Å². The number of nitrogens with one attached hydrogen (secondary N) is 1. The van der Waals surface area contributed by atoms with Crippen LogP contribution in [0.1, 0.15) is 20.3 Å². The molecule has 98 valence electrons. The fourth-order valence-corrected chi connectivity index (χ4v) is 1.47. The van der Waals surface area contributed by atoms with Gasteiger partial charge in [0.2, 0.25) is 5.91 Å². The second kappa shape index (κ2) is 5.97. The topological polar surface area (TPSA) is 78.9 Å². The molecule has 0 bridgehead atoms. The van der Waals surface area contributed by atoms with E-state index >= 15 is 0 Å². The Balaban J connectivity index is 2.22. The van der Waals surface area contributed by atoms with Crippen LogP contribution in [0.3, 0.4) is 0 Å². The van der Waals surface area contributed by atoms with Gasteiger partial charge in [-0.05, 0) is 13.8 Å². The first kappa shape index (κ1) is 13.9. The molecule has 1 heterocycles. The van der Waals surface area contributed by atoms with Crippen LogP contribution in [-0.2, 0) is 14.3 Å². The number of hydrogen-bond donors (Lipinski definition) is 2. The molecule has 0 atom stereocenters. The molecule has 0 aliphatic carbocycles. The minimum atomic E-state index is -1.40. The van der Waals surface area contributed by atoms with E-state index in [0.29, 0.717) is 26.3 Å². The van der Waals surface area contributed by atoms with Crippen molar-refractivity contribution in [2.75, 3.05) is 32.8 Å². The second-order valence-corrected chi connectivity index (χ2v) is 4.56. The average Bonchev–Trinajstić information content (AvgIpc) is 2.28. The highest BCUT2D eigenvalue weighted by Gasteiger charge is 2.23. The van der Waals surface area contributed by atoms with Crippen molar-refractivity contribution in [1.82, 2.24) is 10.2 Å². The summed E-state index contributed by atoms with van der Waals surface area (Å²) < 4.78 is 5.14. The molecule has 1 rings (SSSR count). The molecular weight excluding hydrogens is 224 g/mol. The first-order valence-electron chi connectivity index (χ1n) is 5.77. The monoisotopic (exact) mass is 244 g/mol. The van der Waals surface area contributed by atoms with Crippen LogP contribution in [-0.4, -0.2) is 60.3 Å². The number of carbonyl (C=O) groups is 2. The molecule has 2 N–H and O–H groups in total. The third-order valence-electron chi connectivity index (χ3n) is 2.54. The van der Waals surface area contributed by atoms with Crippen molar-refractivity contribution in [2.24, 2.45) is 0 Å². The molecule has 0 aromatic heterocycles. The Labute approximate surface area is 101 Å². The lowest BCUT2D eigenvalue weighted by Gasteiger charge is -2.27. The van der Waals surface area contributed by atoms with Crippen molar-refractivity contribution in [2.45, 2.75) is 25.9 Å². The number of amides is 2. The van der Waals surface area contributed by atoms with Gasteiger partial charge in [-0.2, -0.15) is 0 Å². The van der Waals surface area contributed by atoms with E-state index in [2.05, 4.69) is 5.32 Å². The highest BCUT2D eigenvalue weighted by molar-refractivity contribution is 5.84. The lowest BCUT2D eigenvalue weighted by atomic mass is 10.1. The summed E-state index contributed by atoms with van der Waals surface area (Å²) in [6.07, 6.45) is 0.252. The van der Waals surface area contributed by atoms with Gasteiger partial charge in [0, 0.05) is 26.1 Å². The van der Waals surface area contributed by atoms with Gasteiger partial charge in [-0.3, -0.25) is 9.59 Å². The van der Waals surface area contributed by atoms with Crippen LogP contribution in [0.2, 0.25) is 0 Å². The predicted octanol–water partition coefficient (Wildman–Crippen LogP) is -0.878. The van der Waals surface area contributed by atoms with Crippen molar-refractivity contribution < 1.29 is 19.4 Å². The largest absolute Gasteiger partial charge is 0.381 e. The molecule has 1 aliphatic heterocycles. The first-order chi connectivity index (χ1) is 7.91. The summed E-state index contributed by atoms with van der Waals surface area (Å²) >= 11 is 0. The van der Waals surface area contributed by atoms with Gasteiger partial charge in [0.1, 0.15) is 5.60 Å². The van der Waals surface area contributed by atoms with Crippen molar-refractivity contribution in [1.29, 1.82) is 0 Å². The van der Waals surface area contributed by atoms with Gasteiger partial charge < -0.3 is 20.1 Å². The van der Waals surface area contributed by atoms with Crippen LogP contribution in [0.15, 0.2) is 0 Å². The van der Waals surface area contributed by atoms with Crippen molar-refractivity contribution in [3.05, 3.63) is 0 Å². The molecule has 17 heavy (non-hydrogen) atoms. The Morgan fingerprint density at radius 2 is 1.94 bits per heavy atom. The maximum atomic E-state index is 11.7.